The van der Waals surface area contributed by atoms with E-state index in [9.17, 15) is 0 Å². The fraction of sp³-hybridized carbons (Fsp3) is 0.846. The van der Waals surface area contributed by atoms with Gasteiger partial charge in [-0.15, -0.1) is 0 Å². The van der Waals surface area contributed by atoms with Crippen molar-refractivity contribution >= 4 is 0 Å². The van der Waals surface area contributed by atoms with Crippen molar-refractivity contribution in [2.45, 2.75) is 52.2 Å². The largest absolute Gasteiger partial charge is 0.313 e. The molecule has 0 amide bonds. The molecule has 1 saturated heterocycles. The van der Waals surface area contributed by atoms with Crippen LogP contribution in [0.25, 0.3) is 0 Å². The highest BCUT2D eigenvalue weighted by molar-refractivity contribution is 4.89. The quantitative estimate of drug-likeness (QED) is 0.860. The van der Waals surface area contributed by atoms with Crippen LogP contribution in [0.3, 0.4) is 0 Å². The number of rotatable bonds is 5. The average Bonchev–Trinajstić information content (AvgIpc) is 2.78. The normalized spacial score (nSPS) is 21.7. The lowest BCUT2D eigenvalue weighted by Gasteiger charge is -2.32. The summed E-state index contributed by atoms with van der Waals surface area (Å²) in [5.41, 5.74) is 0. The van der Waals surface area contributed by atoms with Crippen molar-refractivity contribution in [3.63, 3.8) is 0 Å². The molecule has 1 aromatic heterocycles. The SMILES string of the molecule is CCNC1CCCN(Cc2ncnn2C(C)C)C1. The van der Waals surface area contributed by atoms with Crippen LogP contribution < -0.4 is 5.32 Å². The maximum atomic E-state index is 4.39. The Morgan fingerprint density at radius 2 is 2.33 bits per heavy atom. The molecular weight excluding hydrogens is 226 g/mol. The molecule has 1 unspecified atom stereocenters. The van der Waals surface area contributed by atoms with E-state index in [0.29, 0.717) is 12.1 Å². The Bertz CT molecular complexity index is 358. The van der Waals surface area contributed by atoms with Crippen LogP contribution in [0.4, 0.5) is 0 Å². The molecule has 1 aromatic rings. The molecule has 5 nitrogen and oxygen atoms in total. The molecule has 1 N–H and O–H groups in total. The molecule has 0 radical (unpaired) electrons. The lowest BCUT2D eigenvalue weighted by atomic mass is 10.1. The number of nitrogens with zero attached hydrogens (tertiary/aromatic N) is 4. The van der Waals surface area contributed by atoms with Gasteiger partial charge in [0.05, 0.1) is 6.54 Å². The molecule has 0 aromatic carbocycles. The van der Waals surface area contributed by atoms with Crippen LogP contribution >= 0.6 is 0 Å². The first-order valence-corrected chi connectivity index (χ1v) is 7.04. The van der Waals surface area contributed by atoms with Crippen molar-refractivity contribution in [1.29, 1.82) is 0 Å². The lowest BCUT2D eigenvalue weighted by Crippen LogP contribution is -2.45. The molecule has 5 heteroatoms. The topological polar surface area (TPSA) is 46.0 Å². The number of piperidine rings is 1. The van der Waals surface area contributed by atoms with E-state index in [4.69, 9.17) is 0 Å². The van der Waals surface area contributed by atoms with Crippen LogP contribution in [0.2, 0.25) is 0 Å². The maximum absolute atomic E-state index is 4.39. The second-order valence-corrected chi connectivity index (χ2v) is 5.35. The van der Waals surface area contributed by atoms with Gasteiger partial charge in [-0.05, 0) is 39.8 Å². The zero-order valence-electron chi connectivity index (χ0n) is 11.8. The number of likely N-dealkylation sites (N-methyl/N-ethyl adjacent to an activating group) is 1. The molecule has 1 aliphatic heterocycles. The summed E-state index contributed by atoms with van der Waals surface area (Å²) in [4.78, 5) is 6.88. The van der Waals surface area contributed by atoms with E-state index >= 15 is 0 Å². The summed E-state index contributed by atoms with van der Waals surface area (Å²) >= 11 is 0. The van der Waals surface area contributed by atoms with Crippen LogP contribution in [0.15, 0.2) is 6.33 Å². The van der Waals surface area contributed by atoms with Gasteiger partial charge in [0, 0.05) is 18.6 Å². The second-order valence-electron chi connectivity index (χ2n) is 5.35. The highest BCUT2D eigenvalue weighted by atomic mass is 15.4. The van der Waals surface area contributed by atoms with Gasteiger partial charge in [-0.2, -0.15) is 5.10 Å². The van der Waals surface area contributed by atoms with Gasteiger partial charge in [0.15, 0.2) is 0 Å². The first-order chi connectivity index (χ1) is 8.70. The molecule has 0 aliphatic carbocycles. The summed E-state index contributed by atoms with van der Waals surface area (Å²) in [6.07, 6.45) is 4.23. The predicted molar refractivity (Wildman–Crippen MR) is 72.4 cm³/mol. The molecule has 18 heavy (non-hydrogen) atoms. The highest BCUT2D eigenvalue weighted by Crippen LogP contribution is 2.14. The minimum atomic E-state index is 0.386. The Hall–Kier alpha value is -0.940. The van der Waals surface area contributed by atoms with Gasteiger partial charge in [0.25, 0.3) is 0 Å². The molecular formula is C13H25N5. The minimum absolute atomic E-state index is 0.386. The Labute approximate surface area is 110 Å². The van der Waals surface area contributed by atoms with Crippen LogP contribution in [-0.2, 0) is 6.54 Å². The van der Waals surface area contributed by atoms with E-state index in [0.717, 1.165) is 25.5 Å². The fourth-order valence-corrected chi connectivity index (χ4v) is 2.67. The van der Waals surface area contributed by atoms with E-state index in [1.165, 1.54) is 19.4 Å². The van der Waals surface area contributed by atoms with Gasteiger partial charge >= 0.3 is 0 Å². The third-order valence-electron chi connectivity index (χ3n) is 3.50. The van der Waals surface area contributed by atoms with Crippen molar-refractivity contribution in [3.8, 4) is 0 Å². The Morgan fingerprint density at radius 1 is 1.50 bits per heavy atom. The minimum Gasteiger partial charge on any atom is -0.313 e. The van der Waals surface area contributed by atoms with E-state index in [-0.39, 0.29) is 0 Å². The van der Waals surface area contributed by atoms with Crippen molar-refractivity contribution in [2.24, 2.45) is 0 Å². The number of hydrogen-bond donors (Lipinski definition) is 1. The predicted octanol–water partition coefficient (Wildman–Crippen LogP) is 1.43. The molecule has 1 aliphatic rings. The Balaban J connectivity index is 1.94. The zero-order chi connectivity index (χ0) is 13.0. The summed E-state index contributed by atoms with van der Waals surface area (Å²) in [7, 11) is 0. The number of hydrogen-bond acceptors (Lipinski definition) is 4. The third kappa shape index (κ3) is 3.29. The highest BCUT2D eigenvalue weighted by Gasteiger charge is 2.20. The van der Waals surface area contributed by atoms with Crippen molar-refractivity contribution in [3.05, 3.63) is 12.2 Å². The summed E-state index contributed by atoms with van der Waals surface area (Å²) < 4.78 is 2.02. The molecule has 2 rings (SSSR count). The number of likely N-dealkylation sites (tertiary alicyclic amines) is 1. The Kier molecular flexibility index (Phi) is 4.72. The number of nitrogens with one attached hydrogen (secondary N) is 1. The molecule has 0 bridgehead atoms. The molecule has 1 atom stereocenters. The molecule has 0 spiro atoms. The van der Waals surface area contributed by atoms with Gasteiger partial charge in [0.1, 0.15) is 12.2 Å². The first kappa shape index (κ1) is 13.5. The lowest BCUT2D eigenvalue weighted by molar-refractivity contribution is 0.177. The van der Waals surface area contributed by atoms with Gasteiger partial charge in [0.2, 0.25) is 0 Å². The van der Waals surface area contributed by atoms with E-state index < -0.39 is 0 Å². The van der Waals surface area contributed by atoms with Gasteiger partial charge in [-0.1, -0.05) is 6.92 Å². The Morgan fingerprint density at radius 3 is 3.06 bits per heavy atom. The first-order valence-electron chi connectivity index (χ1n) is 7.04. The van der Waals surface area contributed by atoms with Gasteiger partial charge in [-0.25, -0.2) is 9.67 Å². The standard InChI is InChI=1S/C13H25N5/c1-4-14-12-6-5-7-17(8-12)9-13-15-10-16-18(13)11(2)3/h10-12,14H,4-9H2,1-3H3. The van der Waals surface area contributed by atoms with Gasteiger partial charge in [-0.3, -0.25) is 4.90 Å². The third-order valence-corrected chi connectivity index (χ3v) is 3.50. The monoisotopic (exact) mass is 251 g/mol. The van der Waals surface area contributed by atoms with Gasteiger partial charge < -0.3 is 5.32 Å². The summed E-state index contributed by atoms with van der Waals surface area (Å²) in [6.45, 7) is 10.7. The second kappa shape index (κ2) is 6.29. The summed E-state index contributed by atoms with van der Waals surface area (Å²) in [6, 6.07) is 1.02. The average molecular weight is 251 g/mol. The molecule has 0 saturated carbocycles. The summed E-state index contributed by atoms with van der Waals surface area (Å²) in [5, 5.41) is 7.85. The van der Waals surface area contributed by atoms with Crippen LogP contribution in [0, 0.1) is 0 Å². The smallest absolute Gasteiger partial charge is 0.141 e. The van der Waals surface area contributed by atoms with Crippen molar-refractivity contribution in [2.75, 3.05) is 19.6 Å². The van der Waals surface area contributed by atoms with Crippen molar-refractivity contribution in [1.82, 2.24) is 25.0 Å². The zero-order valence-corrected chi connectivity index (χ0v) is 11.8. The van der Waals surface area contributed by atoms with Crippen LogP contribution in [0.1, 0.15) is 45.5 Å². The van der Waals surface area contributed by atoms with E-state index in [1.807, 2.05) is 4.68 Å². The van der Waals surface area contributed by atoms with Crippen LogP contribution in [-0.4, -0.2) is 45.3 Å². The molecule has 102 valence electrons. The van der Waals surface area contributed by atoms with E-state index in [1.54, 1.807) is 6.33 Å². The van der Waals surface area contributed by atoms with E-state index in [2.05, 4.69) is 41.1 Å². The molecule has 2 heterocycles. The van der Waals surface area contributed by atoms with Crippen LogP contribution in [0.5, 0.6) is 0 Å². The van der Waals surface area contributed by atoms with Crippen molar-refractivity contribution < 1.29 is 0 Å². The molecule has 1 fully saturated rings. The fourth-order valence-electron chi connectivity index (χ4n) is 2.67. The maximum Gasteiger partial charge on any atom is 0.141 e. The number of aromatic nitrogens is 3. The summed E-state index contributed by atoms with van der Waals surface area (Å²) in [5.74, 6) is 1.09.